The molecule has 0 aliphatic heterocycles. The number of thiophene rings is 1. The van der Waals surface area contributed by atoms with Crippen LogP contribution in [-0.2, 0) is 0 Å². The Labute approximate surface area is 114 Å². The molecule has 1 aromatic carbocycles. The standard InChI is InChI=1S/C15H14F2OS/c1-3-4-13(18)15-6-5-14(19-15)10-8-11(16)9(2)7-12(10)17/h5-8H,3-4H2,1-2H3. The minimum absolute atomic E-state index is 0.0479. The first-order valence-corrected chi connectivity index (χ1v) is 6.93. The van der Waals surface area contributed by atoms with Crippen molar-refractivity contribution in [1.82, 2.24) is 0 Å². The molecule has 0 spiro atoms. The van der Waals surface area contributed by atoms with Crippen LogP contribution in [0.4, 0.5) is 8.78 Å². The zero-order valence-corrected chi connectivity index (χ0v) is 11.6. The fourth-order valence-corrected chi connectivity index (χ4v) is 2.81. The molecule has 0 amide bonds. The van der Waals surface area contributed by atoms with Gasteiger partial charge in [0.25, 0.3) is 0 Å². The van der Waals surface area contributed by atoms with Gasteiger partial charge < -0.3 is 0 Å². The minimum atomic E-state index is -0.463. The summed E-state index contributed by atoms with van der Waals surface area (Å²) in [5.74, 6) is -0.854. The maximum atomic E-state index is 13.8. The van der Waals surface area contributed by atoms with Crippen LogP contribution in [0, 0.1) is 18.6 Å². The molecule has 4 heteroatoms. The number of halogens is 2. The molecule has 0 bridgehead atoms. The molecular formula is C15H14F2OS. The fourth-order valence-electron chi connectivity index (χ4n) is 1.82. The number of aryl methyl sites for hydroxylation is 1. The van der Waals surface area contributed by atoms with Gasteiger partial charge in [-0.05, 0) is 43.2 Å². The van der Waals surface area contributed by atoms with Crippen molar-refractivity contribution in [3.05, 3.63) is 46.3 Å². The van der Waals surface area contributed by atoms with Crippen LogP contribution >= 0.6 is 11.3 Å². The summed E-state index contributed by atoms with van der Waals surface area (Å²) in [7, 11) is 0. The first-order valence-electron chi connectivity index (χ1n) is 6.12. The highest BCUT2D eigenvalue weighted by atomic mass is 32.1. The van der Waals surface area contributed by atoms with Crippen LogP contribution in [0.2, 0.25) is 0 Å². The van der Waals surface area contributed by atoms with Crippen molar-refractivity contribution in [3.63, 3.8) is 0 Å². The molecule has 1 aromatic heterocycles. The molecule has 0 unspecified atom stereocenters. The van der Waals surface area contributed by atoms with Gasteiger partial charge in [0.05, 0.1) is 4.88 Å². The van der Waals surface area contributed by atoms with Crippen molar-refractivity contribution in [3.8, 4) is 10.4 Å². The lowest BCUT2D eigenvalue weighted by molar-refractivity contribution is 0.0985. The van der Waals surface area contributed by atoms with Crippen molar-refractivity contribution in [2.75, 3.05) is 0 Å². The summed E-state index contributed by atoms with van der Waals surface area (Å²) in [6.07, 6.45) is 1.25. The second kappa shape index (κ2) is 5.61. The fraction of sp³-hybridized carbons (Fsp3) is 0.267. The SMILES string of the molecule is CCCC(=O)c1ccc(-c2cc(F)c(C)cc2F)s1. The van der Waals surface area contributed by atoms with E-state index in [-0.39, 0.29) is 16.9 Å². The Bertz CT molecular complexity index is 617. The van der Waals surface area contributed by atoms with Crippen molar-refractivity contribution < 1.29 is 13.6 Å². The van der Waals surface area contributed by atoms with Gasteiger partial charge in [0.2, 0.25) is 0 Å². The predicted octanol–water partition coefficient (Wildman–Crippen LogP) is 4.98. The van der Waals surface area contributed by atoms with Gasteiger partial charge >= 0.3 is 0 Å². The highest BCUT2D eigenvalue weighted by molar-refractivity contribution is 7.17. The van der Waals surface area contributed by atoms with Crippen LogP contribution in [-0.4, -0.2) is 5.78 Å². The first-order chi connectivity index (χ1) is 9.02. The highest BCUT2D eigenvalue weighted by Crippen LogP contribution is 2.32. The summed E-state index contributed by atoms with van der Waals surface area (Å²) < 4.78 is 27.3. The molecule has 2 rings (SSSR count). The molecule has 0 saturated carbocycles. The van der Waals surface area contributed by atoms with Crippen LogP contribution in [0.1, 0.15) is 35.0 Å². The highest BCUT2D eigenvalue weighted by Gasteiger charge is 2.14. The number of benzene rings is 1. The van der Waals surface area contributed by atoms with Crippen LogP contribution < -0.4 is 0 Å². The summed E-state index contributed by atoms with van der Waals surface area (Å²) in [5, 5.41) is 0. The van der Waals surface area contributed by atoms with Crippen molar-refractivity contribution >= 4 is 17.1 Å². The number of Topliss-reactive ketones (excluding diaryl/α,β-unsaturated/α-hetero) is 1. The van der Waals surface area contributed by atoms with Gasteiger partial charge in [-0.25, -0.2) is 8.78 Å². The average molecular weight is 280 g/mol. The van der Waals surface area contributed by atoms with E-state index in [9.17, 15) is 13.6 Å². The number of hydrogen-bond donors (Lipinski definition) is 0. The van der Waals surface area contributed by atoms with E-state index in [1.807, 2.05) is 6.92 Å². The Morgan fingerprint density at radius 2 is 1.95 bits per heavy atom. The molecule has 19 heavy (non-hydrogen) atoms. The third-order valence-corrected chi connectivity index (χ3v) is 4.03. The van der Waals surface area contributed by atoms with Gasteiger partial charge in [0, 0.05) is 16.9 Å². The molecule has 1 nitrogen and oxygen atoms in total. The maximum Gasteiger partial charge on any atom is 0.172 e. The van der Waals surface area contributed by atoms with Gasteiger partial charge in [-0.3, -0.25) is 4.79 Å². The van der Waals surface area contributed by atoms with E-state index in [0.29, 0.717) is 16.2 Å². The Morgan fingerprint density at radius 3 is 2.63 bits per heavy atom. The second-order valence-corrected chi connectivity index (χ2v) is 5.50. The van der Waals surface area contributed by atoms with Crippen LogP contribution in [0.3, 0.4) is 0 Å². The molecule has 0 radical (unpaired) electrons. The number of rotatable bonds is 4. The lowest BCUT2D eigenvalue weighted by atomic mass is 10.1. The largest absolute Gasteiger partial charge is 0.293 e. The predicted molar refractivity (Wildman–Crippen MR) is 73.6 cm³/mol. The van der Waals surface area contributed by atoms with E-state index < -0.39 is 11.6 Å². The zero-order chi connectivity index (χ0) is 14.0. The number of carbonyl (C=O) groups excluding carboxylic acids is 1. The second-order valence-electron chi connectivity index (χ2n) is 4.42. The van der Waals surface area contributed by atoms with Gasteiger partial charge in [-0.2, -0.15) is 0 Å². The normalized spacial score (nSPS) is 10.7. The van der Waals surface area contributed by atoms with E-state index in [1.165, 1.54) is 30.4 Å². The van der Waals surface area contributed by atoms with Gasteiger partial charge in [-0.1, -0.05) is 6.92 Å². The van der Waals surface area contributed by atoms with E-state index in [1.54, 1.807) is 12.1 Å². The Morgan fingerprint density at radius 1 is 1.21 bits per heavy atom. The van der Waals surface area contributed by atoms with Crippen molar-refractivity contribution in [2.24, 2.45) is 0 Å². The molecule has 0 aliphatic carbocycles. The van der Waals surface area contributed by atoms with Crippen molar-refractivity contribution in [1.29, 1.82) is 0 Å². The summed E-state index contributed by atoms with van der Waals surface area (Å²) in [5.41, 5.74) is 0.490. The number of carbonyl (C=O) groups is 1. The summed E-state index contributed by atoms with van der Waals surface area (Å²) >= 11 is 1.21. The zero-order valence-electron chi connectivity index (χ0n) is 10.8. The quantitative estimate of drug-likeness (QED) is 0.721. The maximum absolute atomic E-state index is 13.8. The number of ketones is 1. The summed E-state index contributed by atoms with van der Waals surface area (Å²) in [6, 6.07) is 5.71. The third-order valence-electron chi connectivity index (χ3n) is 2.87. The smallest absolute Gasteiger partial charge is 0.172 e. The van der Waals surface area contributed by atoms with E-state index >= 15 is 0 Å². The molecule has 2 aromatic rings. The average Bonchev–Trinajstić information content (AvgIpc) is 2.83. The molecule has 1 heterocycles. The van der Waals surface area contributed by atoms with Crippen molar-refractivity contribution in [2.45, 2.75) is 26.7 Å². The lowest BCUT2D eigenvalue weighted by Crippen LogP contribution is -1.93. The Balaban J connectivity index is 2.38. The molecule has 100 valence electrons. The first kappa shape index (κ1) is 13.9. The Hall–Kier alpha value is -1.55. The molecule has 0 aliphatic rings. The van der Waals surface area contributed by atoms with Gasteiger partial charge in [0.1, 0.15) is 11.6 Å². The van der Waals surface area contributed by atoms with E-state index in [0.717, 1.165) is 6.42 Å². The van der Waals surface area contributed by atoms with Crippen LogP contribution in [0.15, 0.2) is 24.3 Å². The van der Waals surface area contributed by atoms with Gasteiger partial charge in [0.15, 0.2) is 5.78 Å². The molecule has 0 N–H and O–H groups in total. The summed E-state index contributed by atoms with van der Waals surface area (Å²) in [4.78, 5) is 12.9. The minimum Gasteiger partial charge on any atom is -0.293 e. The molecular weight excluding hydrogens is 266 g/mol. The van der Waals surface area contributed by atoms with E-state index in [2.05, 4.69) is 0 Å². The topological polar surface area (TPSA) is 17.1 Å². The Kier molecular flexibility index (Phi) is 4.10. The number of hydrogen-bond acceptors (Lipinski definition) is 2. The molecule has 0 fully saturated rings. The monoisotopic (exact) mass is 280 g/mol. The van der Waals surface area contributed by atoms with Crippen LogP contribution in [0.5, 0.6) is 0 Å². The molecule has 0 saturated heterocycles. The van der Waals surface area contributed by atoms with Crippen LogP contribution in [0.25, 0.3) is 10.4 Å². The van der Waals surface area contributed by atoms with Gasteiger partial charge in [-0.15, -0.1) is 11.3 Å². The molecule has 0 atom stereocenters. The third kappa shape index (κ3) is 2.89. The summed E-state index contributed by atoms with van der Waals surface area (Å²) in [6.45, 7) is 3.45. The lowest BCUT2D eigenvalue weighted by Gasteiger charge is -2.03. The van der Waals surface area contributed by atoms with E-state index in [4.69, 9.17) is 0 Å².